The number of rotatable bonds is 7. The second kappa shape index (κ2) is 7.79. The van der Waals surface area contributed by atoms with Crippen molar-refractivity contribution in [1.82, 2.24) is 5.32 Å². The van der Waals surface area contributed by atoms with Gasteiger partial charge in [0.15, 0.2) is 0 Å². The molecule has 0 radical (unpaired) electrons. The summed E-state index contributed by atoms with van der Waals surface area (Å²) in [5.41, 5.74) is 0.393. The molecule has 0 bridgehead atoms. The van der Waals surface area contributed by atoms with Crippen LogP contribution in [0.2, 0.25) is 0 Å². The predicted molar refractivity (Wildman–Crippen MR) is 83.9 cm³/mol. The normalized spacial score (nSPS) is 10.5. The highest BCUT2D eigenvalue weighted by Crippen LogP contribution is 2.16. The molecule has 5 nitrogen and oxygen atoms in total. The van der Waals surface area contributed by atoms with Crippen LogP contribution in [0.15, 0.2) is 28.0 Å². The van der Waals surface area contributed by atoms with Crippen LogP contribution in [0.25, 0.3) is 0 Å². The first kappa shape index (κ1) is 16.3. The molecule has 1 amide bonds. The molecule has 2 rings (SSSR count). The molecule has 118 valence electrons. The Balaban J connectivity index is 1.75. The third-order valence-electron chi connectivity index (χ3n) is 3.24. The van der Waals surface area contributed by atoms with Gasteiger partial charge >= 0.3 is 5.97 Å². The van der Waals surface area contributed by atoms with Crippen LogP contribution in [0.1, 0.15) is 39.6 Å². The van der Waals surface area contributed by atoms with E-state index in [1.54, 1.807) is 24.3 Å². The zero-order chi connectivity index (χ0) is 15.9. The summed E-state index contributed by atoms with van der Waals surface area (Å²) in [5, 5.41) is 4.83. The summed E-state index contributed by atoms with van der Waals surface area (Å²) in [6.45, 7) is 1.97. The quantitative estimate of drug-likeness (QED) is 0.796. The summed E-state index contributed by atoms with van der Waals surface area (Å²) in [6, 6.07) is 5.69. The predicted octanol–water partition coefficient (Wildman–Crippen LogP) is 3.08. The van der Waals surface area contributed by atoms with E-state index in [9.17, 15) is 9.59 Å². The molecule has 22 heavy (non-hydrogen) atoms. The summed E-state index contributed by atoms with van der Waals surface area (Å²) in [5.74, 6) is 0.582. The molecular formula is C16H19NO4S. The highest BCUT2D eigenvalue weighted by Gasteiger charge is 2.15. The number of methoxy groups -OCH3 is 1. The molecule has 0 aliphatic carbocycles. The molecular weight excluding hydrogens is 302 g/mol. The Morgan fingerprint density at radius 1 is 1.41 bits per heavy atom. The van der Waals surface area contributed by atoms with Crippen molar-refractivity contribution in [2.45, 2.75) is 32.7 Å². The second-order valence-corrected chi connectivity index (χ2v) is 5.92. The van der Waals surface area contributed by atoms with Crippen molar-refractivity contribution < 1.29 is 18.7 Å². The number of carbonyl (C=O) groups excluding carboxylic acids is 2. The molecule has 0 atom stereocenters. The number of amides is 1. The number of ether oxygens (including phenoxy) is 1. The zero-order valence-electron chi connectivity index (χ0n) is 12.7. The minimum Gasteiger partial charge on any atom is -0.465 e. The number of aryl methyl sites for hydroxylation is 2. The fourth-order valence-electron chi connectivity index (χ4n) is 2.10. The highest BCUT2D eigenvalue weighted by atomic mass is 32.1. The van der Waals surface area contributed by atoms with Gasteiger partial charge in [-0.1, -0.05) is 6.07 Å². The third-order valence-corrected chi connectivity index (χ3v) is 4.18. The lowest BCUT2D eigenvalue weighted by Gasteiger charge is -2.02. The lowest BCUT2D eigenvalue weighted by Crippen LogP contribution is -2.22. The Hall–Kier alpha value is -2.08. The first-order chi connectivity index (χ1) is 10.6. The molecule has 6 heteroatoms. The maximum absolute atomic E-state index is 11.8. The summed E-state index contributed by atoms with van der Waals surface area (Å²) in [4.78, 5) is 24.5. The number of hydrogen-bond acceptors (Lipinski definition) is 5. The van der Waals surface area contributed by atoms with Crippen LogP contribution in [0, 0.1) is 6.92 Å². The number of furan rings is 1. The maximum atomic E-state index is 11.8. The van der Waals surface area contributed by atoms with Crippen molar-refractivity contribution in [2.24, 2.45) is 0 Å². The van der Waals surface area contributed by atoms with Crippen molar-refractivity contribution in [3.05, 3.63) is 45.5 Å². The monoisotopic (exact) mass is 321 g/mol. The van der Waals surface area contributed by atoms with Crippen LogP contribution in [-0.2, 0) is 22.5 Å². The number of thiophene rings is 1. The van der Waals surface area contributed by atoms with Gasteiger partial charge in [-0.25, -0.2) is 4.79 Å². The van der Waals surface area contributed by atoms with Gasteiger partial charge in [0.1, 0.15) is 17.1 Å². The van der Waals surface area contributed by atoms with E-state index in [0.29, 0.717) is 23.5 Å². The van der Waals surface area contributed by atoms with E-state index in [2.05, 4.69) is 16.1 Å². The van der Waals surface area contributed by atoms with Gasteiger partial charge < -0.3 is 14.5 Å². The molecule has 2 aromatic heterocycles. The number of nitrogens with one attached hydrogen (secondary N) is 1. The van der Waals surface area contributed by atoms with E-state index >= 15 is 0 Å². The zero-order valence-corrected chi connectivity index (χ0v) is 13.5. The fourth-order valence-corrected chi connectivity index (χ4v) is 2.85. The Labute approximate surface area is 133 Å². The van der Waals surface area contributed by atoms with Gasteiger partial charge in [0, 0.05) is 11.3 Å². The average molecular weight is 321 g/mol. The van der Waals surface area contributed by atoms with Crippen LogP contribution >= 0.6 is 11.3 Å². The molecule has 0 aliphatic rings. The molecule has 0 fully saturated rings. The Kier molecular flexibility index (Phi) is 5.77. The van der Waals surface area contributed by atoms with Gasteiger partial charge in [-0.15, -0.1) is 11.3 Å². The largest absolute Gasteiger partial charge is 0.465 e. The van der Waals surface area contributed by atoms with Crippen molar-refractivity contribution in [3.63, 3.8) is 0 Å². The van der Waals surface area contributed by atoms with E-state index in [0.717, 1.165) is 12.8 Å². The van der Waals surface area contributed by atoms with Gasteiger partial charge in [0.25, 0.3) is 0 Å². The molecule has 2 heterocycles. The molecule has 0 aliphatic heterocycles. The third kappa shape index (κ3) is 4.46. The summed E-state index contributed by atoms with van der Waals surface area (Å²) < 4.78 is 10.1. The van der Waals surface area contributed by atoms with Crippen molar-refractivity contribution in [2.75, 3.05) is 7.11 Å². The SMILES string of the molecule is COC(=O)c1cc(CNC(=O)CCCc2cccs2)oc1C. The Bertz CT molecular complexity index is 631. The van der Waals surface area contributed by atoms with Gasteiger partial charge in [-0.3, -0.25) is 4.79 Å². The second-order valence-electron chi connectivity index (χ2n) is 4.88. The average Bonchev–Trinajstić information content (AvgIpc) is 3.14. The summed E-state index contributed by atoms with van der Waals surface area (Å²) >= 11 is 1.70. The van der Waals surface area contributed by atoms with Gasteiger partial charge in [0.2, 0.25) is 5.91 Å². The lowest BCUT2D eigenvalue weighted by molar-refractivity contribution is -0.121. The minimum absolute atomic E-state index is 0.0229. The molecule has 0 spiro atoms. The molecule has 0 saturated heterocycles. The Morgan fingerprint density at radius 2 is 2.23 bits per heavy atom. The standard InChI is InChI=1S/C16H19NO4S/c1-11-14(16(19)20-2)9-12(21-11)10-17-15(18)7-3-5-13-6-4-8-22-13/h4,6,8-9H,3,5,7,10H2,1-2H3,(H,17,18). The van der Waals surface area contributed by atoms with Gasteiger partial charge in [-0.2, -0.15) is 0 Å². The summed E-state index contributed by atoms with van der Waals surface area (Å²) in [6.07, 6.45) is 2.20. The minimum atomic E-state index is -0.435. The van der Waals surface area contributed by atoms with E-state index in [-0.39, 0.29) is 12.5 Å². The van der Waals surface area contributed by atoms with Crippen molar-refractivity contribution >= 4 is 23.2 Å². The van der Waals surface area contributed by atoms with Crippen molar-refractivity contribution in [3.8, 4) is 0 Å². The van der Waals surface area contributed by atoms with Crippen LogP contribution in [-0.4, -0.2) is 19.0 Å². The fraction of sp³-hybridized carbons (Fsp3) is 0.375. The highest BCUT2D eigenvalue weighted by molar-refractivity contribution is 7.09. The molecule has 2 aromatic rings. The smallest absolute Gasteiger partial charge is 0.341 e. The maximum Gasteiger partial charge on any atom is 0.341 e. The van der Waals surface area contributed by atoms with E-state index in [4.69, 9.17) is 4.42 Å². The van der Waals surface area contributed by atoms with E-state index < -0.39 is 5.97 Å². The van der Waals surface area contributed by atoms with Gasteiger partial charge in [-0.05, 0) is 37.3 Å². The van der Waals surface area contributed by atoms with E-state index in [1.165, 1.54) is 12.0 Å². The molecule has 0 unspecified atom stereocenters. The van der Waals surface area contributed by atoms with Crippen LogP contribution in [0.4, 0.5) is 0 Å². The Morgan fingerprint density at radius 3 is 2.91 bits per heavy atom. The molecule has 1 N–H and O–H groups in total. The number of esters is 1. The summed E-state index contributed by atoms with van der Waals surface area (Å²) in [7, 11) is 1.32. The first-order valence-corrected chi connectivity index (χ1v) is 7.95. The topological polar surface area (TPSA) is 68.5 Å². The number of carbonyl (C=O) groups is 2. The lowest BCUT2D eigenvalue weighted by atomic mass is 10.2. The molecule has 0 saturated carbocycles. The first-order valence-electron chi connectivity index (χ1n) is 7.07. The number of hydrogen-bond donors (Lipinski definition) is 1. The van der Waals surface area contributed by atoms with Crippen molar-refractivity contribution in [1.29, 1.82) is 0 Å². The van der Waals surface area contributed by atoms with Crippen LogP contribution in [0.5, 0.6) is 0 Å². The van der Waals surface area contributed by atoms with E-state index in [1.807, 2.05) is 11.4 Å². The van der Waals surface area contributed by atoms with Crippen LogP contribution in [0.3, 0.4) is 0 Å². The van der Waals surface area contributed by atoms with Gasteiger partial charge in [0.05, 0.1) is 13.7 Å². The van der Waals surface area contributed by atoms with Crippen LogP contribution < -0.4 is 5.32 Å². The molecule has 0 aromatic carbocycles.